The van der Waals surface area contributed by atoms with E-state index < -0.39 is 0 Å². The van der Waals surface area contributed by atoms with Crippen molar-refractivity contribution in [3.8, 4) is 5.82 Å². The smallest absolute Gasteiger partial charge is 0.257 e. The van der Waals surface area contributed by atoms with Crippen molar-refractivity contribution < 1.29 is 14.0 Å². The molecular weight excluding hydrogens is 473 g/mol. The summed E-state index contributed by atoms with van der Waals surface area (Å²) in [6, 6.07) is 6.18. The Hall–Kier alpha value is -3.66. The molecule has 0 bridgehead atoms. The summed E-state index contributed by atoms with van der Waals surface area (Å²) in [5, 5.41) is 7.51. The number of hydrogen-bond acceptors (Lipinski definition) is 6. The Morgan fingerprint density at radius 1 is 1.14 bits per heavy atom. The molecule has 5 rings (SSSR count). The van der Waals surface area contributed by atoms with E-state index in [-0.39, 0.29) is 23.7 Å². The van der Waals surface area contributed by atoms with Crippen molar-refractivity contribution in [3.05, 3.63) is 71.2 Å². The van der Waals surface area contributed by atoms with Crippen LogP contribution in [0.3, 0.4) is 0 Å². The first-order chi connectivity index (χ1) is 17.8. The van der Waals surface area contributed by atoms with Gasteiger partial charge in [0.05, 0.1) is 29.2 Å². The molecule has 2 aliphatic heterocycles. The number of hydrogen-bond donors (Lipinski definition) is 1. The maximum absolute atomic E-state index is 13.8. The fourth-order valence-electron chi connectivity index (χ4n) is 5.78. The molecule has 0 spiro atoms. The molecule has 4 heterocycles. The minimum Gasteiger partial charge on any atom is -0.349 e. The summed E-state index contributed by atoms with van der Waals surface area (Å²) in [4.78, 5) is 38.0. The van der Waals surface area contributed by atoms with Crippen molar-refractivity contribution in [2.45, 2.75) is 33.2 Å². The molecule has 9 nitrogen and oxygen atoms in total. The molecule has 10 heteroatoms. The quantitative estimate of drug-likeness (QED) is 0.531. The van der Waals surface area contributed by atoms with Crippen LogP contribution in [0.15, 0.2) is 42.9 Å². The molecule has 0 aliphatic carbocycles. The first-order valence-corrected chi connectivity index (χ1v) is 12.7. The summed E-state index contributed by atoms with van der Waals surface area (Å²) in [6.07, 6.45) is 5.55. The lowest BCUT2D eigenvalue weighted by Gasteiger charge is -2.24. The van der Waals surface area contributed by atoms with E-state index in [1.807, 2.05) is 24.8 Å². The van der Waals surface area contributed by atoms with E-state index in [2.05, 4.69) is 25.3 Å². The van der Waals surface area contributed by atoms with Crippen molar-refractivity contribution in [2.24, 2.45) is 11.8 Å². The number of aryl methyl sites for hydroxylation is 1. The molecule has 0 saturated carbocycles. The van der Waals surface area contributed by atoms with E-state index in [4.69, 9.17) is 0 Å². The van der Waals surface area contributed by atoms with Crippen molar-refractivity contribution >= 4 is 11.8 Å². The minimum absolute atomic E-state index is 0.0166. The van der Waals surface area contributed by atoms with Crippen molar-refractivity contribution in [1.82, 2.24) is 34.9 Å². The molecule has 2 aliphatic rings. The van der Waals surface area contributed by atoms with Gasteiger partial charge in [0.2, 0.25) is 5.91 Å². The highest BCUT2D eigenvalue weighted by Crippen LogP contribution is 2.33. The third-order valence-electron chi connectivity index (χ3n) is 7.48. The van der Waals surface area contributed by atoms with Crippen LogP contribution in [0.4, 0.5) is 4.39 Å². The molecule has 37 heavy (non-hydrogen) atoms. The van der Waals surface area contributed by atoms with E-state index in [1.165, 1.54) is 19.1 Å². The molecule has 0 radical (unpaired) electrons. The van der Waals surface area contributed by atoms with Gasteiger partial charge >= 0.3 is 0 Å². The molecule has 3 atom stereocenters. The van der Waals surface area contributed by atoms with Gasteiger partial charge in [-0.15, -0.1) is 0 Å². The Morgan fingerprint density at radius 3 is 2.54 bits per heavy atom. The SMILES string of the molecule is CC(=O)N[C@@H](CCN1CC2CN(C(=O)c3c(C)nn(-c4cnccn4)c3C)CC2C1)c1cccc(F)c1. The average Bonchev–Trinajstić information content (AvgIpc) is 3.53. The number of halogens is 1. The zero-order chi connectivity index (χ0) is 26.1. The Balaban J connectivity index is 1.20. The highest BCUT2D eigenvalue weighted by Gasteiger charge is 2.42. The van der Waals surface area contributed by atoms with E-state index in [9.17, 15) is 14.0 Å². The van der Waals surface area contributed by atoms with Gasteiger partial charge in [0.1, 0.15) is 5.82 Å². The first-order valence-electron chi connectivity index (χ1n) is 12.7. The largest absolute Gasteiger partial charge is 0.349 e. The first kappa shape index (κ1) is 25.0. The molecule has 3 aromatic rings. The second-order valence-corrected chi connectivity index (χ2v) is 10.1. The molecule has 194 valence electrons. The lowest BCUT2D eigenvalue weighted by molar-refractivity contribution is -0.119. The van der Waals surface area contributed by atoms with E-state index in [0.29, 0.717) is 48.4 Å². The summed E-state index contributed by atoms with van der Waals surface area (Å²) in [7, 11) is 0. The lowest BCUT2D eigenvalue weighted by Crippen LogP contribution is -2.35. The Morgan fingerprint density at radius 2 is 1.89 bits per heavy atom. The third kappa shape index (κ3) is 5.24. The van der Waals surface area contributed by atoms with Crippen LogP contribution in [0.5, 0.6) is 0 Å². The van der Waals surface area contributed by atoms with Gasteiger partial charge in [-0.25, -0.2) is 14.1 Å². The standard InChI is InChI=1S/C27H32FN7O2/c1-17-26(18(2)35(32-17)25-12-29-8-9-30-25)27(37)34-15-21-13-33(14-22(21)16-34)10-7-24(31-19(3)36)20-5-4-6-23(28)11-20/h4-6,8-9,11-12,21-22,24H,7,10,13-16H2,1-3H3,(H,31,36)/t21?,22?,24-/m0/s1. The number of aromatic nitrogens is 4. The lowest BCUT2D eigenvalue weighted by atomic mass is 10.0. The van der Waals surface area contributed by atoms with Crippen LogP contribution in [0.1, 0.15) is 46.7 Å². The number of carbonyl (C=O) groups excluding carboxylic acids is 2. The topological polar surface area (TPSA) is 96.2 Å². The van der Waals surface area contributed by atoms with E-state index >= 15 is 0 Å². The van der Waals surface area contributed by atoms with Gasteiger partial charge < -0.3 is 15.1 Å². The normalized spacial score (nSPS) is 20.2. The van der Waals surface area contributed by atoms with Crippen LogP contribution in [-0.4, -0.2) is 74.1 Å². The summed E-state index contributed by atoms with van der Waals surface area (Å²) in [5.74, 6) is 0.992. The Labute approximate surface area is 215 Å². The zero-order valence-electron chi connectivity index (χ0n) is 21.4. The van der Waals surface area contributed by atoms with Gasteiger partial charge in [0.25, 0.3) is 5.91 Å². The predicted molar refractivity (Wildman–Crippen MR) is 136 cm³/mol. The minimum atomic E-state index is -0.305. The van der Waals surface area contributed by atoms with Crippen LogP contribution in [0.2, 0.25) is 0 Å². The van der Waals surface area contributed by atoms with Gasteiger partial charge in [-0.1, -0.05) is 12.1 Å². The summed E-state index contributed by atoms with van der Waals surface area (Å²) in [6.45, 7) is 9.27. The highest BCUT2D eigenvalue weighted by atomic mass is 19.1. The maximum Gasteiger partial charge on any atom is 0.257 e. The number of benzene rings is 1. The molecule has 2 unspecified atom stereocenters. The number of nitrogens with zero attached hydrogens (tertiary/aromatic N) is 6. The van der Waals surface area contributed by atoms with Crippen LogP contribution < -0.4 is 5.32 Å². The predicted octanol–water partition coefficient (Wildman–Crippen LogP) is 2.69. The van der Waals surface area contributed by atoms with Crippen molar-refractivity contribution in [1.29, 1.82) is 0 Å². The summed E-state index contributed by atoms with van der Waals surface area (Å²) >= 11 is 0. The van der Waals surface area contributed by atoms with Crippen LogP contribution >= 0.6 is 0 Å². The van der Waals surface area contributed by atoms with Crippen LogP contribution in [-0.2, 0) is 4.79 Å². The van der Waals surface area contributed by atoms with Gasteiger partial charge in [0, 0.05) is 52.0 Å². The third-order valence-corrected chi connectivity index (χ3v) is 7.48. The van der Waals surface area contributed by atoms with Gasteiger partial charge in [-0.3, -0.25) is 14.6 Å². The number of fused-ring (bicyclic) bond motifs is 1. The van der Waals surface area contributed by atoms with Crippen LogP contribution in [0, 0.1) is 31.5 Å². The molecular formula is C27H32FN7O2. The maximum atomic E-state index is 13.8. The number of amides is 2. The molecule has 2 fully saturated rings. The number of carbonyl (C=O) groups is 2. The second-order valence-electron chi connectivity index (χ2n) is 10.1. The van der Waals surface area contributed by atoms with Crippen molar-refractivity contribution in [2.75, 3.05) is 32.7 Å². The Kier molecular flexibility index (Phi) is 7.01. The van der Waals surface area contributed by atoms with Crippen molar-refractivity contribution in [3.63, 3.8) is 0 Å². The van der Waals surface area contributed by atoms with Gasteiger partial charge in [0.15, 0.2) is 5.82 Å². The van der Waals surface area contributed by atoms with Gasteiger partial charge in [-0.05, 0) is 49.8 Å². The molecule has 2 amide bonds. The molecule has 1 aromatic carbocycles. The van der Waals surface area contributed by atoms with E-state index in [1.54, 1.807) is 29.3 Å². The summed E-state index contributed by atoms with van der Waals surface area (Å²) < 4.78 is 15.4. The summed E-state index contributed by atoms with van der Waals surface area (Å²) in [5.41, 5.74) is 2.87. The fraction of sp³-hybridized carbons (Fsp3) is 0.444. The number of likely N-dealkylation sites (tertiary alicyclic amines) is 2. The molecule has 1 N–H and O–H groups in total. The van der Waals surface area contributed by atoms with E-state index in [0.717, 1.165) is 30.9 Å². The number of nitrogens with one attached hydrogen (secondary N) is 1. The molecule has 2 saturated heterocycles. The average molecular weight is 506 g/mol. The van der Waals surface area contributed by atoms with Crippen LogP contribution in [0.25, 0.3) is 5.82 Å². The van der Waals surface area contributed by atoms with Gasteiger partial charge in [-0.2, -0.15) is 5.10 Å². The Bertz CT molecular complexity index is 1280. The molecule has 2 aromatic heterocycles. The number of rotatable bonds is 7. The second kappa shape index (κ2) is 10.4. The monoisotopic (exact) mass is 505 g/mol. The highest BCUT2D eigenvalue weighted by molar-refractivity contribution is 5.96. The zero-order valence-corrected chi connectivity index (χ0v) is 21.4. The fourth-order valence-corrected chi connectivity index (χ4v) is 5.78.